The van der Waals surface area contributed by atoms with Gasteiger partial charge in [0.05, 0.1) is 5.69 Å². The van der Waals surface area contributed by atoms with Gasteiger partial charge in [-0.25, -0.2) is 0 Å². The Kier molecular flexibility index (Phi) is 5.80. The molecule has 0 spiro atoms. The fraction of sp³-hybridized carbons (Fsp3) is 0.455. The van der Waals surface area contributed by atoms with E-state index < -0.39 is 0 Å². The molecule has 2 fully saturated rings. The topological polar surface area (TPSA) is 39.2 Å². The second-order valence-electron chi connectivity index (χ2n) is 7.41. The Labute approximate surface area is 161 Å². The van der Waals surface area contributed by atoms with Crippen molar-refractivity contribution in [1.29, 1.82) is 0 Å². The molecule has 0 unspecified atom stereocenters. The van der Waals surface area contributed by atoms with Gasteiger partial charge in [0.15, 0.2) is 0 Å². The average Bonchev–Trinajstić information content (AvgIpc) is 2.74. The monoisotopic (exact) mass is 367 g/mol. The molecule has 0 bridgehead atoms. The van der Waals surface area contributed by atoms with E-state index in [2.05, 4.69) is 40.1 Å². The lowest BCUT2D eigenvalue weighted by Gasteiger charge is -2.35. The molecule has 2 heterocycles. The summed E-state index contributed by atoms with van der Waals surface area (Å²) in [6, 6.07) is 16.9. The van der Waals surface area contributed by atoms with Crippen molar-refractivity contribution in [3.05, 3.63) is 54.1 Å². The molecular weight excluding hydrogens is 338 g/mol. The molecule has 144 valence electrons. The minimum Gasteiger partial charge on any atom is -0.487 e. The molecule has 0 saturated carbocycles. The fourth-order valence-corrected chi connectivity index (χ4v) is 3.90. The third-order valence-electron chi connectivity index (χ3n) is 5.50. The molecule has 1 N–H and O–H groups in total. The SMILES string of the molecule is ON1CCN(c2cc(N3CCCCC3)ccc2OCc2ccccc2)CC1. The van der Waals surface area contributed by atoms with E-state index in [0.29, 0.717) is 19.7 Å². The Morgan fingerprint density at radius 1 is 0.778 bits per heavy atom. The van der Waals surface area contributed by atoms with Crippen LogP contribution in [0.5, 0.6) is 5.75 Å². The summed E-state index contributed by atoms with van der Waals surface area (Å²) in [5.41, 5.74) is 3.59. The van der Waals surface area contributed by atoms with Gasteiger partial charge in [-0.15, -0.1) is 0 Å². The molecular formula is C22H29N3O2. The number of ether oxygens (including phenoxy) is 1. The molecule has 0 atom stereocenters. The first kappa shape index (κ1) is 18.1. The smallest absolute Gasteiger partial charge is 0.143 e. The van der Waals surface area contributed by atoms with E-state index >= 15 is 0 Å². The highest BCUT2D eigenvalue weighted by atomic mass is 16.5. The maximum atomic E-state index is 9.72. The number of benzene rings is 2. The Morgan fingerprint density at radius 2 is 1.52 bits per heavy atom. The van der Waals surface area contributed by atoms with E-state index in [9.17, 15) is 5.21 Å². The van der Waals surface area contributed by atoms with Gasteiger partial charge in [0, 0.05) is 45.0 Å². The highest BCUT2D eigenvalue weighted by Crippen LogP contribution is 2.35. The third-order valence-corrected chi connectivity index (χ3v) is 5.50. The van der Waals surface area contributed by atoms with Crippen LogP contribution < -0.4 is 14.5 Å². The summed E-state index contributed by atoms with van der Waals surface area (Å²) in [6.45, 7) is 5.76. The van der Waals surface area contributed by atoms with E-state index in [1.54, 1.807) is 0 Å². The Bertz CT molecular complexity index is 724. The van der Waals surface area contributed by atoms with Crippen molar-refractivity contribution in [3.63, 3.8) is 0 Å². The molecule has 5 heteroatoms. The number of rotatable bonds is 5. The Hall–Kier alpha value is -2.24. The number of piperidine rings is 1. The predicted molar refractivity (Wildman–Crippen MR) is 109 cm³/mol. The molecule has 0 amide bonds. The van der Waals surface area contributed by atoms with Crippen LogP contribution in [0.2, 0.25) is 0 Å². The molecule has 2 aromatic rings. The molecule has 0 radical (unpaired) electrons. The fourth-order valence-electron chi connectivity index (χ4n) is 3.90. The van der Waals surface area contributed by atoms with Crippen LogP contribution in [-0.4, -0.2) is 49.5 Å². The van der Waals surface area contributed by atoms with Crippen LogP contribution in [0, 0.1) is 0 Å². The van der Waals surface area contributed by atoms with Crippen LogP contribution in [0.3, 0.4) is 0 Å². The van der Waals surface area contributed by atoms with Crippen molar-refractivity contribution in [1.82, 2.24) is 5.06 Å². The molecule has 2 aliphatic heterocycles. The Morgan fingerprint density at radius 3 is 2.26 bits per heavy atom. The molecule has 0 aromatic heterocycles. The van der Waals surface area contributed by atoms with Gasteiger partial charge >= 0.3 is 0 Å². The molecule has 4 rings (SSSR count). The van der Waals surface area contributed by atoms with Gasteiger partial charge in [-0.05, 0) is 43.0 Å². The van der Waals surface area contributed by atoms with Crippen molar-refractivity contribution in [2.75, 3.05) is 49.1 Å². The quantitative estimate of drug-likeness (QED) is 0.871. The molecule has 27 heavy (non-hydrogen) atoms. The summed E-state index contributed by atoms with van der Waals surface area (Å²) in [5.74, 6) is 0.922. The van der Waals surface area contributed by atoms with Gasteiger partial charge in [-0.3, -0.25) is 0 Å². The maximum absolute atomic E-state index is 9.72. The zero-order chi connectivity index (χ0) is 18.5. The number of anilines is 2. The highest BCUT2D eigenvalue weighted by Gasteiger charge is 2.21. The first-order valence-electron chi connectivity index (χ1n) is 10.0. The number of nitrogens with zero attached hydrogens (tertiary/aromatic N) is 3. The standard InChI is InChI=1S/C22H29N3O2/c26-25-15-13-24(14-16-25)21-17-20(23-11-5-2-6-12-23)9-10-22(21)27-18-19-7-3-1-4-8-19/h1,3-4,7-10,17,26H,2,5-6,11-16,18H2. The summed E-state index contributed by atoms with van der Waals surface area (Å²) in [6.07, 6.45) is 3.87. The lowest BCUT2D eigenvalue weighted by Crippen LogP contribution is -2.45. The van der Waals surface area contributed by atoms with Crippen LogP contribution in [0.1, 0.15) is 24.8 Å². The van der Waals surface area contributed by atoms with Gasteiger partial charge in [0.25, 0.3) is 0 Å². The number of hydroxylamine groups is 2. The number of piperazine rings is 1. The number of hydrogen-bond acceptors (Lipinski definition) is 5. The molecule has 5 nitrogen and oxygen atoms in total. The molecule has 2 aromatic carbocycles. The van der Waals surface area contributed by atoms with Gasteiger partial charge in [0.1, 0.15) is 12.4 Å². The van der Waals surface area contributed by atoms with Gasteiger partial charge < -0.3 is 19.7 Å². The maximum Gasteiger partial charge on any atom is 0.143 e. The minimum absolute atomic E-state index is 0.566. The molecule has 2 saturated heterocycles. The van der Waals surface area contributed by atoms with E-state index in [1.165, 1.54) is 35.6 Å². The summed E-state index contributed by atoms with van der Waals surface area (Å²) >= 11 is 0. The third kappa shape index (κ3) is 4.54. The molecule has 2 aliphatic rings. The largest absolute Gasteiger partial charge is 0.487 e. The van der Waals surface area contributed by atoms with Crippen molar-refractivity contribution in [2.24, 2.45) is 0 Å². The molecule has 0 aliphatic carbocycles. The first-order chi connectivity index (χ1) is 13.3. The second-order valence-corrected chi connectivity index (χ2v) is 7.41. The minimum atomic E-state index is 0.566. The van der Waals surface area contributed by atoms with Crippen LogP contribution in [0.4, 0.5) is 11.4 Å². The Balaban J connectivity index is 1.56. The second kappa shape index (κ2) is 8.63. The van der Waals surface area contributed by atoms with Gasteiger partial charge in [-0.1, -0.05) is 30.3 Å². The predicted octanol–water partition coefficient (Wildman–Crippen LogP) is 3.77. The van der Waals surface area contributed by atoms with Crippen molar-refractivity contribution in [3.8, 4) is 5.75 Å². The normalized spacial score (nSPS) is 18.6. The first-order valence-corrected chi connectivity index (χ1v) is 10.0. The number of hydrogen-bond donors (Lipinski definition) is 1. The van der Waals surface area contributed by atoms with E-state index in [0.717, 1.165) is 37.6 Å². The average molecular weight is 367 g/mol. The van der Waals surface area contributed by atoms with E-state index in [4.69, 9.17) is 4.74 Å². The van der Waals surface area contributed by atoms with E-state index in [-0.39, 0.29) is 0 Å². The van der Waals surface area contributed by atoms with Crippen molar-refractivity contribution < 1.29 is 9.94 Å². The summed E-state index contributed by atoms with van der Waals surface area (Å²) in [4.78, 5) is 4.82. The van der Waals surface area contributed by atoms with Crippen molar-refractivity contribution in [2.45, 2.75) is 25.9 Å². The van der Waals surface area contributed by atoms with Crippen LogP contribution in [0.25, 0.3) is 0 Å². The van der Waals surface area contributed by atoms with Gasteiger partial charge in [-0.2, -0.15) is 5.06 Å². The lowest BCUT2D eigenvalue weighted by atomic mass is 10.1. The summed E-state index contributed by atoms with van der Waals surface area (Å²) in [7, 11) is 0. The zero-order valence-corrected chi connectivity index (χ0v) is 15.9. The summed E-state index contributed by atoms with van der Waals surface area (Å²) < 4.78 is 6.21. The lowest BCUT2D eigenvalue weighted by molar-refractivity contribution is -0.0936. The van der Waals surface area contributed by atoms with Crippen LogP contribution in [-0.2, 0) is 6.61 Å². The highest BCUT2D eigenvalue weighted by molar-refractivity contribution is 5.67. The van der Waals surface area contributed by atoms with Crippen LogP contribution >= 0.6 is 0 Å². The van der Waals surface area contributed by atoms with Crippen LogP contribution in [0.15, 0.2) is 48.5 Å². The summed E-state index contributed by atoms with van der Waals surface area (Å²) in [5, 5.41) is 11.1. The van der Waals surface area contributed by atoms with E-state index in [1.807, 2.05) is 18.2 Å². The van der Waals surface area contributed by atoms with Gasteiger partial charge in [0.2, 0.25) is 0 Å². The van der Waals surface area contributed by atoms with Crippen molar-refractivity contribution >= 4 is 11.4 Å². The zero-order valence-electron chi connectivity index (χ0n) is 15.9.